The molecule has 0 aromatic heterocycles. The topological polar surface area (TPSA) is 101 Å². The normalized spacial score (nSPS) is 17.9. The van der Waals surface area contributed by atoms with Crippen molar-refractivity contribution in [2.24, 2.45) is 11.7 Å². The molecule has 100 valence electrons. The number of nitrogens with two attached hydrogens (primary N) is 1. The van der Waals surface area contributed by atoms with Gasteiger partial charge in [-0.05, 0) is 30.7 Å². The number of aryl methyl sites for hydroxylation is 1. The molecular weight excluding hydrogens is 246 g/mol. The molecule has 1 aromatic rings. The van der Waals surface area contributed by atoms with E-state index in [-0.39, 0.29) is 24.2 Å². The van der Waals surface area contributed by atoms with E-state index in [1.165, 1.54) is 0 Å². The Balaban J connectivity index is 2.09. The fraction of sp³-hybridized carbons (Fsp3) is 0.308. The van der Waals surface area contributed by atoms with Gasteiger partial charge in [-0.1, -0.05) is 0 Å². The third-order valence-corrected chi connectivity index (χ3v) is 3.12. The minimum Gasteiger partial charge on any atom is -0.366 e. The summed E-state index contributed by atoms with van der Waals surface area (Å²) in [5, 5.41) is 5.37. The maximum Gasteiger partial charge on any atom is 0.248 e. The molecule has 1 unspecified atom stereocenters. The lowest BCUT2D eigenvalue weighted by molar-refractivity contribution is -0.123. The van der Waals surface area contributed by atoms with Crippen molar-refractivity contribution in [2.75, 3.05) is 11.9 Å². The summed E-state index contributed by atoms with van der Waals surface area (Å²) in [6.07, 6.45) is 0.213. The van der Waals surface area contributed by atoms with Gasteiger partial charge in [0.15, 0.2) is 0 Å². The molecule has 6 heteroatoms. The second-order valence-corrected chi connectivity index (χ2v) is 4.59. The minimum atomic E-state index is -0.508. The van der Waals surface area contributed by atoms with Crippen LogP contribution in [-0.2, 0) is 9.59 Å². The number of carbonyl (C=O) groups excluding carboxylic acids is 3. The van der Waals surface area contributed by atoms with Crippen molar-refractivity contribution < 1.29 is 14.4 Å². The number of primary amides is 1. The summed E-state index contributed by atoms with van der Waals surface area (Å²) in [5.41, 5.74) is 6.94. The number of nitrogens with one attached hydrogen (secondary N) is 2. The molecule has 2 rings (SSSR count). The number of amides is 3. The third kappa shape index (κ3) is 2.90. The Labute approximate surface area is 110 Å². The Bertz CT molecular complexity index is 554. The van der Waals surface area contributed by atoms with Gasteiger partial charge in [-0.15, -0.1) is 0 Å². The Morgan fingerprint density at radius 1 is 1.42 bits per heavy atom. The van der Waals surface area contributed by atoms with Gasteiger partial charge in [0.25, 0.3) is 0 Å². The van der Waals surface area contributed by atoms with E-state index in [2.05, 4.69) is 10.6 Å². The zero-order valence-electron chi connectivity index (χ0n) is 10.5. The zero-order valence-corrected chi connectivity index (χ0v) is 10.5. The Hall–Kier alpha value is -2.37. The van der Waals surface area contributed by atoms with Crippen LogP contribution in [0.1, 0.15) is 22.3 Å². The number of rotatable bonds is 3. The predicted molar refractivity (Wildman–Crippen MR) is 69.4 cm³/mol. The van der Waals surface area contributed by atoms with E-state index in [4.69, 9.17) is 5.73 Å². The molecule has 0 spiro atoms. The van der Waals surface area contributed by atoms with Crippen LogP contribution in [0.5, 0.6) is 0 Å². The van der Waals surface area contributed by atoms with Crippen molar-refractivity contribution in [1.29, 1.82) is 0 Å². The first-order valence-corrected chi connectivity index (χ1v) is 5.95. The molecule has 19 heavy (non-hydrogen) atoms. The van der Waals surface area contributed by atoms with Crippen molar-refractivity contribution in [2.45, 2.75) is 13.3 Å². The van der Waals surface area contributed by atoms with E-state index in [9.17, 15) is 14.4 Å². The molecule has 1 fully saturated rings. The highest BCUT2D eigenvalue weighted by Crippen LogP contribution is 2.19. The fourth-order valence-electron chi connectivity index (χ4n) is 1.98. The van der Waals surface area contributed by atoms with E-state index in [0.717, 1.165) is 5.56 Å². The molecule has 1 aliphatic heterocycles. The summed E-state index contributed by atoms with van der Waals surface area (Å²) in [6, 6.07) is 4.82. The second-order valence-electron chi connectivity index (χ2n) is 4.59. The fourth-order valence-corrected chi connectivity index (χ4v) is 1.98. The minimum absolute atomic E-state index is 0.110. The molecule has 1 heterocycles. The van der Waals surface area contributed by atoms with Crippen LogP contribution in [0, 0.1) is 12.8 Å². The number of anilines is 1. The van der Waals surface area contributed by atoms with Gasteiger partial charge in [-0.3, -0.25) is 14.4 Å². The van der Waals surface area contributed by atoms with Gasteiger partial charge in [-0.2, -0.15) is 0 Å². The van der Waals surface area contributed by atoms with Crippen molar-refractivity contribution in [3.8, 4) is 0 Å². The molecule has 4 N–H and O–H groups in total. The molecule has 0 aliphatic carbocycles. The lowest BCUT2D eigenvalue weighted by Crippen LogP contribution is -2.25. The van der Waals surface area contributed by atoms with Gasteiger partial charge in [0.1, 0.15) is 0 Å². The maximum atomic E-state index is 11.9. The largest absolute Gasteiger partial charge is 0.366 e. The number of benzene rings is 1. The van der Waals surface area contributed by atoms with Crippen molar-refractivity contribution in [3.05, 3.63) is 29.3 Å². The predicted octanol–water partition coefficient (Wildman–Crippen LogP) is 0.169. The smallest absolute Gasteiger partial charge is 0.248 e. The standard InChI is InChI=1S/C13H15N3O3/c1-7-4-8(12(14)18)2-3-10(7)16-13(19)9-5-11(17)15-6-9/h2-4,9H,5-6H2,1H3,(H2,14,18)(H,15,17)(H,16,19). The molecule has 0 radical (unpaired) electrons. The summed E-state index contributed by atoms with van der Waals surface area (Å²) < 4.78 is 0. The lowest BCUT2D eigenvalue weighted by atomic mass is 10.1. The molecule has 6 nitrogen and oxygen atoms in total. The zero-order chi connectivity index (χ0) is 14.0. The number of hydrogen-bond donors (Lipinski definition) is 3. The average molecular weight is 261 g/mol. The second kappa shape index (κ2) is 5.09. The first-order valence-electron chi connectivity index (χ1n) is 5.95. The summed E-state index contributed by atoms with van der Waals surface area (Å²) in [6.45, 7) is 2.14. The van der Waals surface area contributed by atoms with Gasteiger partial charge in [0.2, 0.25) is 17.7 Å². The Morgan fingerprint density at radius 3 is 2.68 bits per heavy atom. The highest BCUT2D eigenvalue weighted by Gasteiger charge is 2.28. The van der Waals surface area contributed by atoms with Crippen molar-refractivity contribution >= 4 is 23.4 Å². The lowest BCUT2D eigenvalue weighted by Gasteiger charge is -2.12. The van der Waals surface area contributed by atoms with Gasteiger partial charge in [0.05, 0.1) is 5.92 Å². The quantitative estimate of drug-likeness (QED) is 0.722. The molecule has 0 saturated carbocycles. The molecule has 1 aromatic carbocycles. The highest BCUT2D eigenvalue weighted by atomic mass is 16.2. The van der Waals surface area contributed by atoms with E-state index >= 15 is 0 Å². The highest BCUT2D eigenvalue weighted by molar-refractivity contribution is 5.98. The van der Waals surface area contributed by atoms with Crippen LogP contribution >= 0.6 is 0 Å². The molecule has 1 aliphatic rings. The average Bonchev–Trinajstić information content (AvgIpc) is 2.78. The number of carbonyl (C=O) groups is 3. The van der Waals surface area contributed by atoms with Crippen LogP contribution in [0.15, 0.2) is 18.2 Å². The maximum absolute atomic E-state index is 11.9. The van der Waals surface area contributed by atoms with Gasteiger partial charge >= 0.3 is 0 Å². The van der Waals surface area contributed by atoms with Crippen LogP contribution < -0.4 is 16.4 Å². The molecule has 1 atom stereocenters. The molecule has 0 bridgehead atoms. The first kappa shape index (κ1) is 13.1. The van der Waals surface area contributed by atoms with E-state index < -0.39 is 5.91 Å². The number of hydrogen-bond acceptors (Lipinski definition) is 3. The summed E-state index contributed by atoms with van der Waals surface area (Å²) in [7, 11) is 0. The molecule has 3 amide bonds. The van der Waals surface area contributed by atoms with E-state index in [0.29, 0.717) is 17.8 Å². The van der Waals surface area contributed by atoms with Crippen molar-refractivity contribution in [1.82, 2.24) is 5.32 Å². The Kier molecular flexibility index (Phi) is 3.50. The van der Waals surface area contributed by atoms with Crippen LogP contribution in [0.3, 0.4) is 0 Å². The van der Waals surface area contributed by atoms with Gasteiger partial charge < -0.3 is 16.4 Å². The Morgan fingerprint density at radius 2 is 2.16 bits per heavy atom. The third-order valence-electron chi connectivity index (χ3n) is 3.12. The SMILES string of the molecule is Cc1cc(C(N)=O)ccc1NC(=O)C1CNC(=O)C1. The summed E-state index contributed by atoms with van der Waals surface area (Å²) >= 11 is 0. The first-order chi connectivity index (χ1) is 8.97. The van der Waals surface area contributed by atoms with Gasteiger partial charge in [-0.25, -0.2) is 0 Å². The van der Waals surface area contributed by atoms with Crippen LogP contribution in [0.25, 0.3) is 0 Å². The van der Waals surface area contributed by atoms with E-state index in [1.807, 2.05) is 0 Å². The molecular formula is C13H15N3O3. The molecule has 1 saturated heterocycles. The van der Waals surface area contributed by atoms with Crippen molar-refractivity contribution in [3.63, 3.8) is 0 Å². The van der Waals surface area contributed by atoms with Crippen LogP contribution in [0.4, 0.5) is 5.69 Å². The van der Waals surface area contributed by atoms with Gasteiger partial charge in [0, 0.05) is 24.2 Å². The van der Waals surface area contributed by atoms with E-state index in [1.54, 1.807) is 25.1 Å². The van der Waals surface area contributed by atoms with Crippen LogP contribution in [-0.4, -0.2) is 24.3 Å². The summed E-state index contributed by atoms with van der Waals surface area (Å²) in [4.78, 5) is 34.0. The monoisotopic (exact) mass is 261 g/mol. The summed E-state index contributed by atoms with van der Waals surface area (Å²) in [5.74, 6) is -1.16. The van der Waals surface area contributed by atoms with Crippen LogP contribution in [0.2, 0.25) is 0 Å².